The molecular weight excluding hydrogens is 430 g/mol. The number of amides is 2. The van der Waals surface area contributed by atoms with E-state index >= 15 is 0 Å². The first-order chi connectivity index (χ1) is 16.6. The van der Waals surface area contributed by atoms with E-state index in [2.05, 4.69) is 17.0 Å². The van der Waals surface area contributed by atoms with Crippen LogP contribution in [-0.2, 0) is 16.1 Å². The van der Waals surface area contributed by atoms with Crippen molar-refractivity contribution in [3.8, 4) is 5.75 Å². The molecule has 0 radical (unpaired) electrons. The number of para-hydroxylation sites is 1. The second kappa shape index (κ2) is 10.5. The SMILES string of the molecule is O=C(C[C@@H]1CCN2C[C@@H]1C=CCOc1ccccc1CN(C1CCC1)CC2=O)N1CC[C@@H](O)C1. The maximum atomic E-state index is 13.4. The number of aliphatic hydroxyl groups is 1. The van der Waals surface area contributed by atoms with Gasteiger partial charge < -0.3 is 19.6 Å². The molecule has 7 nitrogen and oxygen atoms in total. The fourth-order valence-corrected chi connectivity index (χ4v) is 5.75. The second-order valence-electron chi connectivity index (χ2n) is 10.4. The van der Waals surface area contributed by atoms with Crippen molar-refractivity contribution in [1.82, 2.24) is 14.7 Å². The molecule has 2 amide bonds. The monoisotopic (exact) mass is 467 g/mol. The number of hydrogen-bond donors (Lipinski definition) is 1. The summed E-state index contributed by atoms with van der Waals surface area (Å²) in [7, 11) is 0. The lowest BCUT2D eigenvalue weighted by Gasteiger charge is -2.41. The van der Waals surface area contributed by atoms with Gasteiger partial charge in [0.05, 0.1) is 12.6 Å². The largest absolute Gasteiger partial charge is 0.489 e. The number of nitrogens with zero attached hydrogens (tertiary/aromatic N) is 3. The highest BCUT2D eigenvalue weighted by molar-refractivity contribution is 5.79. The highest BCUT2D eigenvalue weighted by atomic mass is 16.5. The van der Waals surface area contributed by atoms with Crippen LogP contribution in [0.4, 0.5) is 0 Å². The Labute approximate surface area is 202 Å². The molecule has 1 N–H and O–H groups in total. The number of benzene rings is 1. The zero-order chi connectivity index (χ0) is 23.5. The minimum absolute atomic E-state index is 0.124. The summed E-state index contributed by atoms with van der Waals surface area (Å²) in [6.07, 6.45) is 9.30. The van der Waals surface area contributed by atoms with Crippen molar-refractivity contribution in [2.24, 2.45) is 11.8 Å². The summed E-state index contributed by atoms with van der Waals surface area (Å²) in [6.45, 7) is 4.08. The smallest absolute Gasteiger partial charge is 0.236 e. The molecule has 5 rings (SSSR count). The van der Waals surface area contributed by atoms with Gasteiger partial charge in [0.1, 0.15) is 12.4 Å². The molecule has 1 aromatic carbocycles. The van der Waals surface area contributed by atoms with E-state index in [1.54, 1.807) is 4.90 Å². The average molecular weight is 468 g/mol. The number of β-amino-alcohol motifs (C(OH)–C–C–N with tert-alkyl or cyclic N) is 1. The molecule has 0 unspecified atom stereocenters. The minimum Gasteiger partial charge on any atom is -0.489 e. The van der Waals surface area contributed by atoms with Crippen molar-refractivity contribution in [2.75, 3.05) is 39.3 Å². The molecule has 1 aliphatic carbocycles. The predicted octanol–water partition coefficient (Wildman–Crippen LogP) is 2.44. The van der Waals surface area contributed by atoms with Crippen LogP contribution in [0.25, 0.3) is 0 Å². The van der Waals surface area contributed by atoms with E-state index in [9.17, 15) is 14.7 Å². The quantitative estimate of drug-likeness (QED) is 0.692. The van der Waals surface area contributed by atoms with Gasteiger partial charge in [-0.1, -0.05) is 36.8 Å². The van der Waals surface area contributed by atoms with Gasteiger partial charge in [0.15, 0.2) is 0 Å². The van der Waals surface area contributed by atoms with Gasteiger partial charge in [-0.15, -0.1) is 0 Å². The number of aliphatic hydroxyl groups excluding tert-OH is 1. The van der Waals surface area contributed by atoms with E-state index in [0.717, 1.165) is 37.1 Å². The van der Waals surface area contributed by atoms with Gasteiger partial charge in [-0.2, -0.15) is 0 Å². The van der Waals surface area contributed by atoms with Gasteiger partial charge >= 0.3 is 0 Å². The molecule has 1 aromatic rings. The maximum absolute atomic E-state index is 13.4. The summed E-state index contributed by atoms with van der Waals surface area (Å²) in [6, 6.07) is 8.60. The Kier molecular flexibility index (Phi) is 7.21. The van der Waals surface area contributed by atoms with Crippen LogP contribution in [0, 0.1) is 11.8 Å². The fraction of sp³-hybridized carbons (Fsp3) is 0.630. The van der Waals surface area contributed by atoms with Crippen LogP contribution in [0.15, 0.2) is 36.4 Å². The minimum atomic E-state index is -0.396. The standard InChI is InChI=1S/C27H37N3O4/c31-24-11-13-29(18-24)26(32)15-20-10-12-28-16-21(20)6-4-14-34-25-9-2-1-5-22(25)17-30(19-27(28)33)23-7-3-8-23/h1-2,4-6,9,20-21,23-24,31H,3,7-8,10-19H2/t20-,21-,24+/m0/s1. The number of fused-ring (bicyclic) bond motifs is 3. The lowest BCUT2D eigenvalue weighted by molar-refractivity contribution is -0.136. The molecule has 4 aliphatic rings. The number of ether oxygens (including phenoxy) is 1. The van der Waals surface area contributed by atoms with E-state index in [4.69, 9.17) is 4.74 Å². The Morgan fingerprint density at radius 1 is 1.06 bits per heavy atom. The third-order valence-corrected chi connectivity index (χ3v) is 8.11. The van der Waals surface area contributed by atoms with Crippen molar-refractivity contribution >= 4 is 11.8 Å². The van der Waals surface area contributed by atoms with Crippen LogP contribution in [0.5, 0.6) is 5.75 Å². The van der Waals surface area contributed by atoms with Crippen molar-refractivity contribution in [2.45, 2.75) is 57.2 Å². The normalized spacial score (nSPS) is 28.9. The van der Waals surface area contributed by atoms with E-state index < -0.39 is 6.10 Å². The number of likely N-dealkylation sites (tertiary alicyclic amines) is 1. The number of hydrogen-bond acceptors (Lipinski definition) is 5. The molecule has 3 atom stereocenters. The highest BCUT2D eigenvalue weighted by Gasteiger charge is 2.35. The molecule has 0 aromatic heterocycles. The number of piperidine rings is 1. The van der Waals surface area contributed by atoms with Crippen molar-refractivity contribution < 1.29 is 19.4 Å². The van der Waals surface area contributed by atoms with E-state index in [1.165, 1.54) is 6.42 Å². The molecule has 3 fully saturated rings. The topological polar surface area (TPSA) is 73.3 Å². The Bertz CT molecular complexity index is 915. The molecule has 3 aliphatic heterocycles. The van der Waals surface area contributed by atoms with Gasteiger partial charge in [-0.05, 0) is 43.6 Å². The molecule has 1 saturated carbocycles. The van der Waals surface area contributed by atoms with Crippen molar-refractivity contribution in [3.63, 3.8) is 0 Å². The van der Waals surface area contributed by atoms with Crippen LogP contribution < -0.4 is 4.74 Å². The molecule has 184 valence electrons. The predicted molar refractivity (Wildman–Crippen MR) is 129 cm³/mol. The van der Waals surface area contributed by atoms with E-state index in [0.29, 0.717) is 58.2 Å². The summed E-state index contributed by atoms with van der Waals surface area (Å²) in [5, 5.41) is 9.81. The highest BCUT2D eigenvalue weighted by Crippen LogP contribution is 2.32. The van der Waals surface area contributed by atoms with Gasteiger partial charge in [-0.25, -0.2) is 0 Å². The first kappa shape index (κ1) is 23.4. The van der Waals surface area contributed by atoms with Crippen LogP contribution >= 0.6 is 0 Å². The molecule has 2 bridgehead atoms. The summed E-state index contributed by atoms with van der Waals surface area (Å²) >= 11 is 0. The van der Waals surface area contributed by atoms with Gasteiger partial charge in [-0.3, -0.25) is 14.5 Å². The van der Waals surface area contributed by atoms with E-state index in [-0.39, 0.29) is 23.7 Å². The Balaban J connectivity index is 1.33. The second-order valence-corrected chi connectivity index (χ2v) is 10.4. The Morgan fingerprint density at radius 2 is 1.91 bits per heavy atom. The Morgan fingerprint density at radius 3 is 2.68 bits per heavy atom. The molecule has 3 heterocycles. The number of rotatable bonds is 3. The Hall–Kier alpha value is -2.38. The summed E-state index contributed by atoms with van der Waals surface area (Å²) in [4.78, 5) is 32.4. The molecular formula is C27H37N3O4. The summed E-state index contributed by atoms with van der Waals surface area (Å²) < 4.78 is 6.14. The van der Waals surface area contributed by atoms with Gasteiger partial charge in [0.25, 0.3) is 0 Å². The average Bonchev–Trinajstić information content (AvgIpc) is 3.23. The van der Waals surface area contributed by atoms with Crippen LogP contribution in [0.1, 0.15) is 44.1 Å². The maximum Gasteiger partial charge on any atom is 0.236 e. The fourth-order valence-electron chi connectivity index (χ4n) is 5.75. The molecule has 34 heavy (non-hydrogen) atoms. The third-order valence-electron chi connectivity index (χ3n) is 8.11. The van der Waals surface area contributed by atoms with Crippen LogP contribution in [-0.4, -0.2) is 83.1 Å². The zero-order valence-electron chi connectivity index (χ0n) is 20.0. The lowest BCUT2D eigenvalue weighted by atomic mass is 9.82. The summed E-state index contributed by atoms with van der Waals surface area (Å²) in [5.41, 5.74) is 1.13. The van der Waals surface area contributed by atoms with Crippen molar-refractivity contribution in [3.05, 3.63) is 42.0 Å². The first-order valence-electron chi connectivity index (χ1n) is 12.9. The number of carbonyl (C=O) groups excluding carboxylic acids is 2. The molecule has 7 heteroatoms. The summed E-state index contributed by atoms with van der Waals surface area (Å²) in [5.74, 6) is 1.52. The first-order valence-corrected chi connectivity index (χ1v) is 12.9. The molecule has 0 spiro atoms. The van der Waals surface area contributed by atoms with E-state index in [1.807, 2.05) is 29.2 Å². The van der Waals surface area contributed by atoms with Crippen LogP contribution in [0.3, 0.4) is 0 Å². The lowest BCUT2D eigenvalue weighted by Crippen LogP contribution is -2.50. The molecule has 2 saturated heterocycles. The third kappa shape index (κ3) is 5.31. The van der Waals surface area contributed by atoms with Crippen molar-refractivity contribution in [1.29, 1.82) is 0 Å². The van der Waals surface area contributed by atoms with Gasteiger partial charge in [0.2, 0.25) is 11.8 Å². The van der Waals surface area contributed by atoms with Gasteiger partial charge in [0, 0.05) is 50.7 Å². The van der Waals surface area contributed by atoms with Crippen LogP contribution in [0.2, 0.25) is 0 Å². The number of carbonyl (C=O) groups is 2. The zero-order valence-corrected chi connectivity index (χ0v) is 20.0.